The topological polar surface area (TPSA) is 99.7 Å². The number of ether oxygens (including phenoxy) is 1. The third-order valence-electron chi connectivity index (χ3n) is 4.35. The third-order valence-corrected chi connectivity index (χ3v) is 4.35. The van der Waals surface area contributed by atoms with Crippen molar-refractivity contribution in [3.05, 3.63) is 54.1 Å². The molecule has 0 atom stereocenters. The molecule has 1 saturated heterocycles. The lowest BCUT2D eigenvalue weighted by molar-refractivity contribution is -0.141. The summed E-state index contributed by atoms with van der Waals surface area (Å²) in [5.74, 6) is -0.388. The third kappa shape index (κ3) is 4.38. The molecular weight excluding hydrogens is 368 g/mol. The number of urea groups is 1. The van der Waals surface area contributed by atoms with Gasteiger partial charge in [0.25, 0.3) is 0 Å². The van der Waals surface area contributed by atoms with Gasteiger partial charge in [-0.1, -0.05) is 36.4 Å². The van der Waals surface area contributed by atoms with E-state index in [1.54, 1.807) is 17.0 Å². The van der Waals surface area contributed by atoms with Gasteiger partial charge in [0.05, 0.1) is 7.11 Å². The molecule has 0 spiro atoms. The summed E-state index contributed by atoms with van der Waals surface area (Å²) < 4.78 is 4.62. The summed E-state index contributed by atoms with van der Waals surface area (Å²) in [5.41, 5.74) is 8.93. The van der Waals surface area contributed by atoms with E-state index in [9.17, 15) is 9.59 Å². The molecular formula is C19H21ClN4O3. The minimum Gasteiger partial charge on any atom is -0.468 e. The Morgan fingerprint density at radius 2 is 1.63 bits per heavy atom. The lowest BCUT2D eigenvalue weighted by Crippen LogP contribution is -2.35. The summed E-state index contributed by atoms with van der Waals surface area (Å²) in [6.07, 6.45) is 0. The quantitative estimate of drug-likeness (QED) is 0.467. The van der Waals surface area contributed by atoms with Crippen molar-refractivity contribution in [2.75, 3.05) is 31.6 Å². The fraction of sp³-hybridized carbons (Fsp3) is 0.211. The number of amides is 2. The maximum absolute atomic E-state index is 12.4. The second kappa shape index (κ2) is 8.55. The van der Waals surface area contributed by atoms with Gasteiger partial charge in [-0.25, -0.2) is 4.79 Å². The van der Waals surface area contributed by atoms with E-state index in [0.29, 0.717) is 18.7 Å². The zero-order chi connectivity index (χ0) is 18.7. The molecule has 1 aliphatic rings. The molecule has 2 aromatic rings. The number of halogens is 1. The number of nitrogens with two attached hydrogens (primary N) is 1. The van der Waals surface area contributed by atoms with Gasteiger partial charge >= 0.3 is 12.0 Å². The summed E-state index contributed by atoms with van der Waals surface area (Å²) in [6, 6.07) is 14.9. The highest BCUT2D eigenvalue weighted by Gasteiger charge is 2.30. The van der Waals surface area contributed by atoms with Crippen molar-refractivity contribution < 1.29 is 14.3 Å². The van der Waals surface area contributed by atoms with Crippen LogP contribution in [-0.4, -0.2) is 49.5 Å². The molecule has 142 valence electrons. The van der Waals surface area contributed by atoms with Crippen molar-refractivity contribution in [1.29, 1.82) is 5.41 Å². The molecule has 1 fully saturated rings. The van der Waals surface area contributed by atoms with E-state index >= 15 is 0 Å². The minimum absolute atomic E-state index is 0. The van der Waals surface area contributed by atoms with Crippen molar-refractivity contribution in [1.82, 2.24) is 4.90 Å². The highest BCUT2D eigenvalue weighted by atomic mass is 35.5. The highest BCUT2D eigenvalue weighted by molar-refractivity contribution is 5.96. The zero-order valence-electron chi connectivity index (χ0n) is 14.8. The van der Waals surface area contributed by atoms with Gasteiger partial charge in [-0.15, -0.1) is 12.4 Å². The molecule has 1 aliphatic heterocycles. The molecule has 0 saturated carbocycles. The minimum atomic E-state index is -0.426. The fourth-order valence-electron chi connectivity index (χ4n) is 2.87. The number of esters is 1. The van der Waals surface area contributed by atoms with Crippen LogP contribution in [0.5, 0.6) is 0 Å². The van der Waals surface area contributed by atoms with Gasteiger partial charge in [-0.2, -0.15) is 0 Å². The normalized spacial score (nSPS) is 13.3. The lowest BCUT2D eigenvalue weighted by Gasteiger charge is -2.18. The van der Waals surface area contributed by atoms with Gasteiger partial charge < -0.3 is 15.4 Å². The summed E-state index contributed by atoms with van der Waals surface area (Å²) in [4.78, 5) is 26.9. The van der Waals surface area contributed by atoms with E-state index < -0.39 is 5.97 Å². The number of hydrogen-bond acceptors (Lipinski definition) is 4. The Bertz CT molecular complexity index is 837. The highest BCUT2D eigenvalue weighted by Crippen LogP contribution is 2.25. The molecule has 0 aromatic heterocycles. The van der Waals surface area contributed by atoms with Crippen LogP contribution in [0.4, 0.5) is 10.5 Å². The summed E-state index contributed by atoms with van der Waals surface area (Å²) in [6.45, 7) is 0.983. The molecule has 0 radical (unpaired) electrons. The van der Waals surface area contributed by atoms with Crippen LogP contribution in [0.3, 0.4) is 0 Å². The summed E-state index contributed by atoms with van der Waals surface area (Å²) in [5, 5.41) is 7.43. The van der Waals surface area contributed by atoms with Crippen molar-refractivity contribution >= 4 is 35.9 Å². The molecule has 0 bridgehead atoms. The Morgan fingerprint density at radius 1 is 1.07 bits per heavy atom. The largest absolute Gasteiger partial charge is 0.468 e. The van der Waals surface area contributed by atoms with Gasteiger partial charge in [-0.05, 0) is 23.3 Å². The average molecular weight is 389 g/mol. The predicted octanol–water partition coefficient (Wildman–Crippen LogP) is 2.47. The van der Waals surface area contributed by atoms with E-state index in [1.165, 1.54) is 12.0 Å². The lowest BCUT2D eigenvalue weighted by atomic mass is 10.0. The molecule has 3 rings (SSSR count). The van der Waals surface area contributed by atoms with Crippen LogP contribution in [0.25, 0.3) is 11.1 Å². The van der Waals surface area contributed by atoms with Gasteiger partial charge in [0.1, 0.15) is 12.4 Å². The fourth-order valence-corrected chi connectivity index (χ4v) is 2.87. The Kier molecular flexibility index (Phi) is 6.41. The predicted molar refractivity (Wildman–Crippen MR) is 106 cm³/mol. The molecule has 1 heterocycles. The van der Waals surface area contributed by atoms with Gasteiger partial charge in [0, 0.05) is 24.3 Å². The van der Waals surface area contributed by atoms with E-state index in [1.807, 2.05) is 36.4 Å². The van der Waals surface area contributed by atoms with Crippen molar-refractivity contribution in [2.24, 2.45) is 5.73 Å². The zero-order valence-corrected chi connectivity index (χ0v) is 15.7. The van der Waals surface area contributed by atoms with E-state index in [2.05, 4.69) is 4.74 Å². The molecule has 0 unspecified atom stereocenters. The molecule has 27 heavy (non-hydrogen) atoms. The van der Waals surface area contributed by atoms with E-state index in [-0.39, 0.29) is 30.8 Å². The molecule has 7 nitrogen and oxygen atoms in total. The second-order valence-electron chi connectivity index (χ2n) is 5.97. The van der Waals surface area contributed by atoms with Crippen LogP contribution in [0, 0.1) is 5.41 Å². The maximum atomic E-state index is 12.4. The molecule has 8 heteroatoms. The SMILES string of the molecule is COC(=O)CN1CCN(c2ccc(-c3ccc(C(=N)N)cc3)cc2)C1=O.Cl. The summed E-state index contributed by atoms with van der Waals surface area (Å²) in [7, 11) is 1.31. The number of benzene rings is 2. The maximum Gasteiger partial charge on any atom is 0.325 e. The Hall–Kier alpha value is -3.06. The smallest absolute Gasteiger partial charge is 0.325 e. The second-order valence-corrected chi connectivity index (χ2v) is 5.97. The average Bonchev–Trinajstić information content (AvgIpc) is 3.02. The number of carbonyl (C=O) groups excluding carboxylic acids is 2. The number of methoxy groups -OCH3 is 1. The molecule has 3 N–H and O–H groups in total. The number of amidine groups is 1. The number of nitrogen functional groups attached to an aromatic ring is 1. The first-order chi connectivity index (χ1) is 12.5. The van der Waals surface area contributed by atoms with Crippen molar-refractivity contribution in [3.63, 3.8) is 0 Å². The number of hydrogen-bond donors (Lipinski definition) is 2. The van der Waals surface area contributed by atoms with Crippen LogP contribution >= 0.6 is 12.4 Å². The van der Waals surface area contributed by atoms with Crippen molar-refractivity contribution in [2.45, 2.75) is 0 Å². The number of rotatable bonds is 5. The first-order valence-electron chi connectivity index (χ1n) is 8.18. The van der Waals surface area contributed by atoms with Crippen LogP contribution < -0.4 is 10.6 Å². The van der Waals surface area contributed by atoms with Crippen LogP contribution in [0.15, 0.2) is 48.5 Å². The van der Waals surface area contributed by atoms with Gasteiger partial charge in [-0.3, -0.25) is 15.1 Å². The summed E-state index contributed by atoms with van der Waals surface area (Å²) >= 11 is 0. The standard InChI is InChI=1S/C19H20N4O3.ClH/c1-26-17(24)12-22-10-11-23(19(22)25)16-8-6-14(7-9-16)13-2-4-15(5-3-13)18(20)21;/h2-9H,10-12H2,1H3,(H3,20,21);1H. The van der Waals surface area contributed by atoms with E-state index in [0.717, 1.165) is 16.8 Å². The number of carbonyl (C=O) groups is 2. The number of nitrogens with zero attached hydrogens (tertiary/aromatic N) is 2. The Balaban J connectivity index is 0.00000261. The molecule has 2 aromatic carbocycles. The number of nitrogens with one attached hydrogen (secondary N) is 1. The van der Waals surface area contributed by atoms with Crippen molar-refractivity contribution in [3.8, 4) is 11.1 Å². The van der Waals surface area contributed by atoms with Gasteiger partial charge in [0.2, 0.25) is 0 Å². The molecule has 0 aliphatic carbocycles. The van der Waals surface area contributed by atoms with Crippen LogP contribution in [0.2, 0.25) is 0 Å². The Labute approximate surface area is 163 Å². The van der Waals surface area contributed by atoms with Gasteiger partial charge in [0.15, 0.2) is 0 Å². The Morgan fingerprint density at radius 3 is 2.15 bits per heavy atom. The van der Waals surface area contributed by atoms with Crippen LogP contribution in [0.1, 0.15) is 5.56 Å². The molecule has 2 amide bonds. The first-order valence-corrected chi connectivity index (χ1v) is 8.18. The van der Waals surface area contributed by atoms with E-state index in [4.69, 9.17) is 11.1 Å². The monoisotopic (exact) mass is 388 g/mol. The number of anilines is 1. The first kappa shape index (κ1) is 20.3. The van der Waals surface area contributed by atoms with Crippen LogP contribution in [-0.2, 0) is 9.53 Å².